The van der Waals surface area contributed by atoms with Gasteiger partial charge in [0.05, 0.1) is 31.9 Å². The van der Waals surface area contributed by atoms with E-state index in [1.807, 2.05) is 6.92 Å². The van der Waals surface area contributed by atoms with E-state index in [4.69, 9.17) is 33.0 Å². The van der Waals surface area contributed by atoms with Crippen LogP contribution in [0.15, 0.2) is 89.8 Å². The molecule has 5 aromatic rings. The highest BCUT2D eigenvalue weighted by atomic mass is 35.5. The van der Waals surface area contributed by atoms with Gasteiger partial charge >= 0.3 is 0 Å². The molecule has 0 atom stereocenters. The van der Waals surface area contributed by atoms with E-state index in [-0.39, 0.29) is 61.8 Å². The molecule has 0 unspecified atom stereocenters. The van der Waals surface area contributed by atoms with Crippen LogP contribution in [0.25, 0.3) is 16.8 Å². The van der Waals surface area contributed by atoms with Crippen molar-refractivity contribution in [2.75, 3.05) is 19.0 Å². The van der Waals surface area contributed by atoms with Crippen molar-refractivity contribution in [3.05, 3.63) is 129 Å². The van der Waals surface area contributed by atoms with Crippen LogP contribution in [0.1, 0.15) is 52.6 Å². The third kappa shape index (κ3) is 8.46. The number of carbonyl (C=O) groups excluding carboxylic acids is 2. The summed E-state index contributed by atoms with van der Waals surface area (Å²) in [7, 11) is -3.00. The summed E-state index contributed by atoms with van der Waals surface area (Å²) in [5, 5.41) is 18.1. The highest BCUT2D eigenvalue weighted by Gasteiger charge is 2.25. The van der Waals surface area contributed by atoms with Gasteiger partial charge in [-0.1, -0.05) is 79.0 Å². The number of amides is 2. The van der Waals surface area contributed by atoms with Gasteiger partial charge in [0.2, 0.25) is 5.91 Å². The van der Waals surface area contributed by atoms with Crippen molar-refractivity contribution < 1.29 is 27.1 Å². The molecule has 4 aromatic carbocycles. The predicted molar refractivity (Wildman–Crippen MR) is 193 cm³/mol. The van der Waals surface area contributed by atoms with Crippen LogP contribution in [0.2, 0.25) is 10.0 Å². The Hall–Kier alpha value is -5.06. The van der Waals surface area contributed by atoms with Crippen molar-refractivity contribution in [3.63, 3.8) is 0 Å². The number of aryl methyl sites for hydroxylation is 1. The van der Waals surface area contributed by atoms with Crippen molar-refractivity contribution in [2.45, 2.75) is 37.5 Å². The Kier molecular flexibility index (Phi) is 11.9. The molecule has 0 spiro atoms. The summed E-state index contributed by atoms with van der Waals surface area (Å²) in [6, 6.07) is 23.3. The largest absolute Gasteiger partial charge is 0.375 e. The number of unbranched alkanes of at least 4 members (excludes halogenated alkanes) is 1. The number of nitrogens with one attached hydrogen (secondary N) is 2. The van der Waals surface area contributed by atoms with Gasteiger partial charge in [-0.05, 0) is 66.4 Å². The fourth-order valence-electron chi connectivity index (χ4n) is 5.46. The molecule has 1 heterocycles. The molecule has 0 radical (unpaired) electrons. The van der Waals surface area contributed by atoms with Crippen molar-refractivity contribution in [3.8, 4) is 22.9 Å². The number of nitrogens with zero attached hydrogens (tertiary/aromatic N) is 3. The lowest BCUT2D eigenvalue weighted by Gasteiger charge is -2.13. The zero-order chi connectivity index (χ0) is 36.7. The minimum Gasteiger partial charge on any atom is -0.375 e. The van der Waals surface area contributed by atoms with E-state index in [1.54, 1.807) is 42.5 Å². The van der Waals surface area contributed by atoms with Gasteiger partial charge in [-0.3, -0.25) is 9.59 Å². The molecule has 0 saturated heterocycles. The number of aromatic nitrogens is 2. The lowest BCUT2D eigenvalue weighted by Crippen LogP contribution is -2.31. The molecule has 0 aliphatic carbocycles. The maximum Gasteiger partial charge on any atom is 0.266 e. The van der Waals surface area contributed by atoms with Gasteiger partial charge in [0.1, 0.15) is 24.2 Å². The summed E-state index contributed by atoms with van der Waals surface area (Å²) in [4.78, 5) is 24.7. The molecule has 14 heteroatoms. The second-order valence-corrected chi connectivity index (χ2v) is 13.9. The molecule has 0 saturated carbocycles. The molecule has 1 aromatic heterocycles. The van der Waals surface area contributed by atoms with Gasteiger partial charge in [-0.2, -0.15) is 10.4 Å². The van der Waals surface area contributed by atoms with Crippen LogP contribution in [-0.4, -0.2) is 43.7 Å². The standard InChI is InChI=1S/C37H32Cl2FN5O5S/c1-3-4-12-32-28(34(21-41)45(43-32)33-20-25(16-17-30(33)39)42-36(46)22-50-2)18-24-15-14-23(19-31(24)40)26-9-6-8-13-35(26)51(48,49)44-37(47)27-10-5-7-11-29(27)38/h5-11,13-17,19-20H,3-4,12,18,22H2,1-2H3,(H,42,46)(H,44,47). The number of anilines is 1. The summed E-state index contributed by atoms with van der Waals surface area (Å²) >= 11 is 12.6. The van der Waals surface area contributed by atoms with Crippen molar-refractivity contribution in [2.24, 2.45) is 0 Å². The Labute approximate surface area is 304 Å². The molecule has 262 valence electrons. The molecule has 2 N–H and O–H groups in total. The zero-order valence-electron chi connectivity index (χ0n) is 27.5. The average Bonchev–Trinajstić information content (AvgIpc) is 3.45. The smallest absolute Gasteiger partial charge is 0.266 e. The number of hydrogen-bond donors (Lipinski definition) is 2. The maximum absolute atomic E-state index is 16.0. The van der Waals surface area contributed by atoms with Crippen LogP contribution in [0.4, 0.5) is 10.1 Å². The first-order valence-electron chi connectivity index (χ1n) is 15.8. The third-order valence-electron chi connectivity index (χ3n) is 7.93. The van der Waals surface area contributed by atoms with E-state index in [9.17, 15) is 23.3 Å². The first-order chi connectivity index (χ1) is 24.5. The second kappa shape index (κ2) is 16.3. The van der Waals surface area contributed by atoms with E-state index in [0.717, 1.165) is 12.8 Å². The normalized spacial score (nSPS) is 11.2. The Balaban J connectivity index is 1.49. The SMILES string of the molecule is CCCCc1nn(-c2cc(NC(=O)COC)ccc2Cl)c(C#N)c1Cc1ccc(-c2ccccc2S(=O)(=O)NC(=O)c2ccccc2Cl)cc1F. The molecule has 0 aliphatic heterocycles. The number of rotatable bonds is 13. The zero-order valence-corrected chi connectivity index (χ0v) is 29.9. The molecule has 5 rings (SSSR count). The fourth-order valence-corrected chi connectivity index (χ4v) is 7.08. The van der Waals surface area contributed by atoms with Gasteiger partial charge in [-0.15, -0.1) is 0 Å². The van der Waals surface area contributed by atoms with Crippen LogP contribution in [0, 0.1) is 17.1 Å². The van der Waals surface area contributed by atoms with Gasteiger partial charge in [0, 0.05) is 30.3 Å². The van der Waals surface area contributed by atoms with E-state index in [2.05, 4.69) is 16.1 Å². The molecule has 10 nitrogen and oxygen atoms in total. The average molecular weight is 749 g/mol. The van der Waals surface area contributed by atoms with E-state index >= 15 is 4.39 Å². The first kappa shape index (κ1) is 37.2. The monoisotopic (exact) mass is 747 g/mol. The summed E-state index contributed by atoms with van der Waals surface area (Å²) in [5.41, 5.74) is 2.66. The van der Waals surface area contributed by atoms with Crippen molar-refractivity contribution >= 4 is 50.7 Å². The Bertz CT molecular complexity index is 2270. The van der Waals surface area contributed by atoms with Crippen LogP contribution < -0.4 is 10.0 Å². The number of nitriles is 1. The highest BCUT2D eigenvalue weighted by molar-refractivity contribution is 7.90. The van der Waals surface area contributed by atoms with Gasteiger partial charge in [0.15, 0.2) is 0 Å². The Morgan fingerprint density at radius 3 is 2.45 bits per heavy atom. The van der Waals surface area contributed by atoms with Crippen LogP contribution in [0.5, 0.6) is 0 Å². The first-order valence-corrected chi connectivity index (χ1v) is 18.0. The molecular formula is C37H32Cl2FN5O5S. The topological polar surface area (TPSA) is 143 Å². The molecule has 2 amide bonds. The minimum atomic E-state index is -4.41. The van der Waals surface area contributed by atoms with Gasteiger partial charge in [-0.25, -0.2) is 22.2 Å². The fraction of sp³-hybridized carbons (Fsp3) is 0.189. The number of halogens is 3. The summed E-state index contributed by atoms with van der Waals surface area (Å²) in [6.45, 7) is 1.87. The Morgan fingerprint density at radius 2 is 1.75 bits per heavy atom. The number of benzene rings is 4. The molecule has 0 bridgehead atoms. The summed E-state index contributed by atoms with van der Waals surface area (Å²) < 4.78 is 51.1. The van der Waals surface area contributed by atoms with Crippen LogP contribution in [-0.2, 0) is 32.4 Å². The minimum absolute atomic E-state index is 0.00375. The number of hydrogen-bond acceptors (Lipinski definition) is 7. The number of sulfonamides is 1. The van der Waals surface area contributed by atoms with E-state index in [1.165, 1.54) is 54.3 Å². The number of methoxy groups -OCH3 is 1. The van der Waals surface area contributed by atoms with Crippen molar-refractivity contribution in [1.29, 1.82) is 5.26 Å². The molecule has 0 fully saturated rings. The molecule has 51 heavy (non-hydrogen) atoms. The molecule has 0 aliphatic rings. The molecular weight excluding hydrogens is 716 g/mol. The predicted octanol–water partition coefficient (Wildman–Crippen LogP) is 7.49. The van der Waals surface area contributed by atoms with Gasteiger partial charge in [0.25, 0.3) is 15.9 Å². The van der Waals surface area contributed by atoms with Crippen LogP contribution in [0.3, 0.4) is 0 Å². The van der Waals surface area contributed by atoms with E-state index < -0.39 is 21.7 Å². The third-order valence-corrected chi connectivity index (χ3v) is 9.97. The highest BCUT2D eigenvalue weighted by Crippen LogP contribution is 2.32. The lowest BCUT2D eigenvalue weighted by molar-refractivity contribution is -0.119. The summed E-state index contributed by atoms with van der Waals surface area (Å²) in [5.74, 6) is -1.93. The quantitative estimate of drug-likeness (QED) is 0.127. The summed E-state index contributed by atoms with van der Waals surface area (Å²) in [6.07, 6.45) is 2.12. The Morgan fingerprint density at radius 1 is 1.00 bits per heavy atom. The second-order valence-electron chi connectivity index (χ2n) is 11.4. The van der Waals surface area contributed by atoms with Crippen LogP contribution >= 0.6 is 23.2 Å². The van der Waals surface area contributed by atoms with E-state index in [0.29, 0.717) is 29.1 Å². The van der Waals surface area contributed by atoms with Gasteiger partial charge < -0.3 is 10.1 Å². The lowest BCUT2D eigenvalue weighted by atomic mass is 9.97. The number of ether oxygens (including phenoxy) is 1. The van der Waals surface area contributed by atoms with Crippen molar-refractivity contribution in [1.82, 2.24) is 14.5 Å². The maximum atomic E-state index is 16.0. The number of carbonyl (C=O) groups is 2.